The van der Waals surface area contributed by atoms with Crippen LogP contribution in [0.25, 0.3) is 22.4 Å². The summed E-state index contributed by atoms with van der Waals surface area (Å²) < 4.78 is 34.5. The number of alkyl halides is 1. The number of ether oxygens (including phenoxy) is 1. The fourth-order valence-electron chi connectivity index (χ4n) is 5.92. The van der Waals surface area contributed by atoms with Gasteiger partial charge in [0.15, 0.2) is 0 Å². The number of pyridine rings is 1. The minimum Gasteiger partial charge on any atom is -0.507 e. The lowest BCUT2D eigenvalue weighted by Gasteiger charge is -2.52. The number of methoxy groups -OCH3 is 1. The fraction of sp³-hybridized carbons (Fsp3) is 0.481. The first-order valence-corrected chi connectivity index (χ1v) is 12.8. The van der Waals surface area contributed by atoms with E-state index in [2.05, 4.69) is 32.4 Å². The summed E-state index contributed by atoms with van der Waals surface area (Å²) in [7, 11) is 1.41. The van der Waals surface area contributed by atoms with E-state index >= 15 is 4.39 Å². The van der Waals surface area contributed by atoms with Crippen molar-refractivity contribution in [3.8, 4) is 34.0 Å². The highest BCUT2D eigenvalue weighted by Gasteiger charge is 2.50. The van der Waals surface area contributed by atoms with Crippen LogP contribution in [0.2, 0.25) is 0 Å². The van der Waals surface area contributed by atoms with Gasteiger partial charge in [0.05, 0.1) is 19.3 Å². The lowest BCUT2D eigenvalue weighted by Crippen LogP contribution is -2.67. The number of phenols is 1. The van der Waals surface area contributed by atoms with Gasteiger partial charge in [0, 0.05) is 35.3 Å². The third-order valence-corrected chi connectivity index (χ3v) is 7.85. The number of nitrogens with one attached hydrogen (secondary N) is 1. The maximum atomic E-state index is 15.6. The lowest BCUT2D eigenvalue weighted by atomic mass is 9.74. The Morgan fingerprint density at radius 2 is 1.97 bits per heavy atom. The molecule has 4 heterocycles. The zero-order valence-electron chi connectivity index (χ0n) is 20.9. The highest BCUT2D eigenvalue weighted by atomic mass is 19.1. The normalized spacial score (nSPS) is 27.1. The van der Waals surface area contributed by atoms with Crippen molar-refractivity contribution in [3.05, 3.63) is 42.5 Å². The number of phenolic OH excluding ortho intramolecular Hbond substituents is 1. The molecule has 6 rings (SSSR count). The Hall–Kier alpha value is -3.40. The largest absolute Gasteiger partial charge is 0.507 e. The van der Waals surface area contributed by atoms with Crippen LogP contribution in [0.3, 0.4) is 0 Å². The Morgan fingerprint density at radius 1 is 1.14 bits per heavy atom. The number of rotatable bonds is 6. The van der Waals surface area contributed by atoms with Gasteiger partial charge in [0.2, 0.25) is 17.8 Å². The summed E-state index contributed by atoms with van der Waals surface area (Å²) in [6.07, 6.45) is 6.19. The van der Waals surface area contributed by atoms with E-state index in [9.17, 15) is 9.50 Å². The molecular weight excluding hydrogens is 478 g/mol. The first-order valence-electron chi connectivity index (χ1n) is 12.8. The summed E-state index contributed by atoms with van der Waals surface area (Å²) in [5.41, 5.74) is 1.88. The molecule has 2 N–H and O–H groups in total. The SMILES string of the molecule is COc1cc(-c2ccc(-c3cnc(N(C4CC4)[C@@H]4C[C@@]5(C)CCC[C@H](N5)[C@@H]4F)nn3)c(O)c2)cc(F)n1. The molecule has 2 aliphatic heterocycles. The number of benzene rings is 1. The van der Waals surface area contributed by atoms with Crippen LogP contribution < -0.4 is 15.0 Å². The van der Waals surface area contributed by atoms with E-state index in [0.717, 1.165) is 32.1 Å². The molecule has 2 aromatic heterocycles. The van der Waals surface area contributed by atoms with Gasteiger partial charge in [-0.05, 0) is 68.7 Å². The van der Waals surface area contributed by atoms with Crippen molar-refractivity contribution >= 4 is 5.95 Å². The van der Waals surface area contributed by atoms with Crippen molar-refractivity contribution in [1.29, 1.82) is 0 Å². The number of hydrogen-bond acceptors (Lipinski definition) is 8. The van der Waals surface area contributed by atoms with E-state index in [1.807, 2.05) is 4.90 Å². The van der Waals surface area contributed by atoms with Gasteiger partial charge in [0.1, 0.15) is 17.6 Å². The van der Waals surface area contributed by atoms with Crippen LogP contribution in [0.1, 0.15) is 45.4 Å². The Morgan fingerprint density at radius 3 is 2.68 bits per heavy atom. The van der Waals surface area contributed by atoms with Crippen LogP contribution in [-0.2, 0) is 0 Å². The van der Waals surface area contributed by atoms with Gasteiger partial charge in [-0.1, -0.05) is 6.07 Å². The van der Waals surface area contributed by atoms with Gasteiger partial charge in [0.25, 0.3) is 0 Å². The van der Waals surface area contributed by atoms with E-state index in [1.165, 1.54) is 19.2 Å². The molecule has 0 spiro atoms. The minimum absolute atomic E-state index is 0.0421. The molecule has 8 nitrogen and oxygen atoms in total. The van der Waals surface area contributed by atoms with Crippen molar-refractivity contribution in [1.82, 2.24) is 25.5 Å². The third kappa shape index (κ3) is 4.58. The topological polar surface area (TPSA) is 96.3 Å². The van der Waals surface area contributed by atoms with Gasteiger partial charge in [-0.25, -0.2) is 9.37 Å². The predicted molar refractivity (Wildman–Crippen MR) is 135 cm³/mol. The fourth-order valence-corrected chi connectivity index (χ4v) is 5.92. The Kier molecular flexibility index (Phi) is 5.94. The Bertz CT molecular complexity index is 1300. The van der Waals surface area contributed by atoms with E-state index in [1.54, 1.807) is 24.4 Å². The number of hydrogen-bond donors (Lipinski definition) is 2. The molecule has 10 heteroatoms. The molecule has 37 heavy (non-hydrogen) atoms. The second-order valence-corrected chi connectivity index (χ2v) is 10.7. The van der Waals surface area contributed by atoms with E-state index in [0.29, 0.717) is 34.8 Å². The number of anilines is 1. The number of halogens is 2. The number of piperidine rings is 2. The molecule has 194 valence electrons. The highest BCUT2D eigenvalue weighted by molar-refractivity contribution is 5.74. The van der Waals surface area contributed by atoms with Crippen LogP contribution in [0.5, 0.6) is 11.6 Å². The average molecular weight is 509 g/mol. The monoisotopic (exact) mass is 508 g/mol. The summed E-state index contributed by atoms with van der Waals surface area (Å²) in [5, 5.41) is 23.0. The molecule has 3 fully saturated rings. The lowest BCUT2D eigenvalue weighted by molar-refractivity contribution is 0.0582. The van der Waals surface area contributed by atoms with E-state index in [4.69, 9.17) is 4.74 Å². The van der Waals surface area contributed by atoms with Crippen molar-refractivity contribution in [2.24, 2.45) is 0 Å². The summed E-state index contributed by atoms with van der Waals surface area (Å²) >= 11 is 0. The second-order valence-electron chi connectivity index (χ2n) is 10.7. The second kappa shape index (κ2) is 9.16. The molecular formula is C27H30F2N6O2. The van der Waals surface area contributed by atoms with Gasteiger partial charge < -0.3 is 20.1 Å². The van der Waals surface area contributed by atoms with E-state index < -0.39 is 12.1 Å². The van der Waals surface area contributed by atoms with Crippen LogP contribution in [0.4, 0.5) is 14.7 Å². The first kappa shape index (κ1) is 24.0. The Balaban J connectivity index is 1.27. The zero-order valence-corrected chi connectivity index (χ0v) is 20.9. The van der Waals surface area contributed by atoms with Crippen molar-refractivity contribution in [2.75, 3.05) is 12.0 Å². The molecule has 0 amide bonds. The summed E-state index contributed by atoms with van der Waals surface area (Å²) in [6.45, 7) is 2.19. The molecule has 3 aromatic rings. The van der Waals surface area contributed by atoms with Crippen LogP contribution in [0.15, 0.2) is 36.5 Å². The quantitative estimate of drug-likeness (QED) is 0.472. The molecule has 4 atom stereocenters. The van der Waals surface area contributed by atoms with Gasteiger partial charge in [-0.2, -0.15) is 9.37 Å². The molecule has 1 aromatic carbocycles. The molecule has 3 aliphatic rings. The third-order valence-electron chi connectivity index (χ3n) is 7.85. The molecule has 2 saturated heterocycles. The Labute approximate surface area is 214 Å². The smallest absolute Gasteiger partial charge is 0.245 e. The van der Waals surface area contributed by atoms with Crippen molar-refractivity contribution < 1.29 is 18.6 Å². The van der Waals surface area contributed by atoms with Crippen LogP contribution >= 0.6 is 0 Å². The van der Waals surface area contributed by atoms with Gasteiger partial charge >= 0.3 is 0 Å². The zero-order chi connectivity index (χ0) is 25.7. The van der Waals surface area contributed by atoms with Crippen molar-refractivity contribution in [3.63, 3.8) is 0 Å². The molecule has 1 aliphatic carbocycles. The predicted octanol–water partition coefficient (Wildman–Crippen LogP) is 4.43. The van der Waals surface area contributed by atoms with Crippen LogP contribution in [-0.4, -0.2) is 62.2 Å². The number of nitrogens with zero attached hydrogens (tertiary/aromatic N) is 5. The number of aromatic nitrogens is 4. The maximum absolute atomic E-state index is 15.6. The molecule has 0 radical (unpaired) electrons. The summed E-state index contributed by atoms with van der Waals surface area (Å²) in [4.78, 5) is 10.3. The summed E-state index contributed by atoms with van der Waals surface area (Å²) in [6, 6.07) is 7.61. The van der Waals surface area contributed by atoms with Gasteiger partial charge in [-0.3, -0.25) is 0 Å². The number of fused-ring (bicyclic) bond motifs is 2. The molecule has 2 bridgehead atoms. The van der Waals surface area contributed by atoms with Crippen molar-refractivity contribution in [2.45, 2.75) is 75.3 Å². The highest BCUT2D eigenvalue weighted by Crippen LogP contribution is 2.42. The maximum Gasteiger partial charge on any atom is 0.245 e. The minimum atomic E-state index is -0.995. The molecule has 0 unspecified atom stereocenters. The summed E-state index contributed by atoms with van der Waals surface area (Å²) in [5.74, 6) is -0.144. The van der Waals surface area contributed by atoms with E-state index in [-0.39, 0.29) is 35.3 Å². The standard InChI is InChI=1S/C27H30F2N6O2/c1-27-9-3-4-19(32-27)25(29)21(13-27)35(17-6-7-17)26-30-14-20(33-34-26)18-8-5-15(10-22(18)36)16-11-23(28)31-24(12-16)37-2/h5,8,10-12,14,17,19,21,25,32,36H,3-4,6-7,9,13H2,1-2H3/t19-,21+,25-,27+/m0/s1. The van der Waals surface area contributed by atoms with Crippen LogP contribution in [0, 0.1) is 5.95 Å². The first-order chi connectivity index (χ1) is 17.8. The number of aromatic hydroxyl groups is 1. The molecule has 1 saturated carbocycles. The van der Waals surface area contributed by atoms with Gasteiger partial charge in [-0.15, -0.1) is 10.2 Å². The average Bonchev–Trinajstić information content (AvgIpc) is 3.72.